The van der Waals surface area contributed by atoms with Crippen LogP contribution in [0.4, 0.5) is 13.2 Å². The van der Waals surface area contributed by atoms with Crippen molar-refractivity contribution in [2.45, 2.75) is 18.9 Å². The van der Waals surface area contributed by atoms with E-state index in [0.29, 0.717) is 38.9 Å². The quantitative estimate of drug-likeness (QED) is 0.299. The minimum atomic E-state index is -0.777. The van der Waals surface area contributed by atoms with Crippen molar-refractivity contribution in [3.63, 3.8) is 0 Å². The third kappa shape index (κ3) is 5.39. The summed E-state index contributed by atoms with van der Waals surface area (Å²) in [7, 11) is 0. The molecule has 5 rings (SSSR count). The predicted molar refractivity (Wildman–Crippen MR) is 135 cm³/mol. The summed E-state index contributed by atoms with van der Waals surface area (Å²) >= 11 is 0. The van der Waals surface area contributed by atoms with Crippen molar-refractivity contribution in [3.8, 4) is 17.2 Å². The lowest BCUT2D eigenvalue weighted by molar-refractivity contribution is -0.121. The smallest absolute Gasteiger partial charge is 0.225 e. The van der Waals surface area contributed by atoms with Gasteiger partial charge in [-0.25, -0.2) is 18.2 Å². The minimum Gasteiger partial charge on any atom is -0.361 e. The lowest BCUT2D eigenvalue weighted by Crippen LogP contribution is -2.32. The zero-order valence-corrected chi connectivity index (χ0v) is 19.9. The Labute approximate surface area is 215 Å². The molecule has 2 N–H and O–H groups in total. The molecular formula is C29H20F3N5O. The standard InChI is InChI=1S/C29H20F3N5O/c30-20-3-4-26-25(14-20)19(16-36-26)12-28(38)37-27(10-17-8-21(31)13-22(32)9-17)29-24(2-1-6-35-29)18-5-7-34-23(11-18)15-33/h1-9,11,13-14,16,27,36H,10,12H2,(H,37,38). The number of rotatable bonds is 7. The molecule has 0 saturated heterocycles. The summed E-state index contributed by atoms with van der Waals surface area (Å²) in [6.45, 7) is 0. The Morgan fingerprint density at radius 3 is 2.58 bits per heavy atom. The number of nitrogens with one attached hydrogen (secondary N) is 2. The monoisotopic (exact) mass is 511 g/mol. The number of nitriles is 1. The van der Waals surface area contributed by atoms with E-state index in [9.17, 15) is 23.2 Å². The molecule has 0 aliphatic carbocycles. The molecule has 2 aromatic carbocycles. The number of amides is 1. The van der Waals surface area contributed by atoms with Crippen LogP contribution in [0.2, 0.25) is 0 Å². The van der Waals surface area contributed by atoms with Crippen molar-refractivity contribution in [1.82, 2.24) is 20.3 Å². The Morgan fingerprint density at radius 1 is 0.974 bits per heavy atom. The number of halogens is 3. The average Bonchev–Trinajstić information content (AvgIpc) is 3.29. The van der Waals surface area contributed by atoms with Crippen LogP contribution in [0.15, 0.2) is 79.3 Å². The molecule has 188 valence electrons. The Bertz CT molecular complexity index is 1670. The summed E-state index contributed by atoms with van der Waals surface area (Å²) in [5.74, 6) is -2.28. The molecule has 3 heterocycles. The number of nitrogens with zero attached hydrogens (tertiary/aromatic N) is 3. The van der Waals surface area contributed by atoms with E-state index >= 15 is 0 Å². The first-order valence-corrected chi connectivity index (χ1v) is 11.7. The number of fused-ring (bicyclic) bond motifs is 1. The first-order chi connectivity index (χ1) is 18.4. The van der Waals surface area contributed by atoms with E-state index in [2.05, 4.69) is 20.3 Å². The van der Waals surface area contributed by atoms with Gasteiger partial charge in [0, 0.05) is 41.1 Å². The van der Waals surface area contributed by atoms with Crippen LogP contribution < -0.4 is 5.32 Å². The zero-order chi connectivity index (χ0) is 26.6. The molecule has 38 heavy (non-hydrogen) atoms. The van der Waals surface area contributed by atoms with E-state index in [1.165, 1.54) is 30.5 Å². The second-order valence-electron chi connectivity index (χ2n) is 8.76. The molecule has 0 spiro atoms. The Morgan fingerprint density at radius 2 is 1.79 bits per heavy atom. The number of H-pyrrole nitrogens is 1. The third-order valence-electron chi connectivity index (χ3n) is 6.13. The van der Waals surface area contributed by atoms with Crippen LogP contribution in [-0.4, -0.2) is 20.9 Å². The summed E-state index contributed by atoms with van der Waals surface area (Å²) in [6.07, 6.45) is 4.68. The van der Waals surface area contributed by atoms with Gasteiger partial charge in [-0.2, -0.15) is 5.26 Å². The summed E-state index contributed by atoms with van der Waals surface area (Å²) in [6, 6.07) is 15.5. The highest BCUT2D eigenvalue weighted by molar-refractivity contribution is 5.89. The van der Waals surface area contributed by atoms with Crippen molar-refractivity contribution in [2.75, 3.05) is 0 Å². The average molecular weight is 512 g/mol. The van der Waals surface area contributed by atoms with Gasteiger partial charge in [0.2, 0.25) is 5.91 Å². The maximum Gasteiger partial charge on any atom is 0.225 e. The number of hydrogen-bond donors (Lipinski definition) is 2. The molecular weight excluding hydrogens is 491 g/mol. The fourth-order valence-corrected chi connectivity index (χ4v) is 4.49. The van der Waals surface area contributed by atoms with Crippen LogP contribution in [0.5, 0.6) is 0 Å². The Balaban J connectivity index is 1.51. The zero-order valence-electron chi connectivity index (χ0n) is 19.9. The number of carbonyl (C=O) groups is 1. The Hall–Kier alpha value is -4.97. The summed E-state index contributed by atoms with van der Waals surface area (Å²) in [5, 5.41) is 12.8. The molecule has 0 aliphatic heterocycles. The lowest BCUT2D eigenvalue weighted by atomic mass is 9.95. The number of hydrogen-bond acceptors (Lipinski definition) is 4. The molecule has 0 fully saturated rings. The van der Waals surface area contributed by atoms with Gasteiger partial charge < -0.3 is 10.3 Å². The number of aromatic amines is 1. The van der Waals surface area contributed by atoms with Crippen molar-refractivity contribution in [3.05, 3.63) is 119 Å². The first kappa shape index (κ1) is 24.7. The van der Waals surface area contributed by atoms with E-state index < -0.39 is 23.5 Å². The molecule has 0 aliphatic rings. The highest BCUT2D eigenvalue weighted by Crippen LogP contribution is 2.29. The van der Waals surface area contributed by atoms with Gasteiger partial charge in [-0.05, 0) is 71.6 Å². The van der Waals surface area contributed by atoms with Crippen LogP contribution in [0.25, 0.3) is 22.0 Å². The molecule has 0 bridgehead atoms. The van der Waals surface area contributed by atoms with Crippen molar-refractivity contribution in [2.24, 2.45) is 0 Å². The van der Waals surface area contributed by atoms with Gasteiger partial charge in [-0.3, -0.25) is 9.78 Å². The van der Waals surface area contributed by atoms with Gasteiger partial charge in [-0.15, -0.1) is 0 Å². The third-order valence-corrected chi connectivity index (χ3v) is 6.13. The summed E-state index contributed by atoms with van der Waals surface area (Å²) in [5.41, 5.74) is 3.55. The highest BCUT2D eigenvalue weighted by atomic mass is 19.1. The maximum atomic E-state index is 14.0. The SMILES string of the molecule is N#Cc1cc(-c2cccnc2C(Cc2cc(F)cc(F)c2)NC(=O)Cc2c[nH]c3ccc(F)cc23)ccn1. The molecule has 3 aromatic heterocycles. The van der Waals surface area contributed by atoms with E-state index in [-0.39, 0.29) is 24.4 Å². The normalized spacial score (nSPS) is 11.7. The molecule has 0 saturated carbocycles. The summed E-state index contributed by atoms with van der Waals surface area (Å²) < 4.78 is 41.8. The van der Waals surface area contributed by atoms with Gasteiger partial charge in [0.05, 0.1) is 18.2 Å². The molecule has 5 aromatic rings. The van der Waals surface area contributed by atoms with E-state index in [4.69, 9.17) is 0 Å². The largest absolute Gasteiger partial charge is 0.361 e. The van der Waals surface area contributed by atoms with Gasteiger partial charge >= 0.3 is 0 Å². The van der Waals surface area contributed by atoms with Crippen LogP contribution in [0, 0.1) is 28.8 Å². The molecule has 9 heteroatoms. The van der Waals surface area contributed by atoms with Crippen molar-refractivity contribution < 1.29 is 18.0 Å². The first-order valence-electron chi connectivity index (χ1n) is 11.7. The topological polar surface area (TPSA) is 94.5 Å². The lowest BCUT2D eigenvalue weighted by Gasteiger charge is -2.21. The van der Waals surface area contributed by atoms with E-state index in [0.717, 1.165) is 6.07 Å². The van der Waals surface area contributed by atoms with Crippen molar-refractivity contribution >= 4 is 16.8 Å². The fourth-order valence-electron chi connectivity index (χ4n) is 4.49. The second kappa shape index (κ2) is 10.6. The number of aromatic nitrogens is 3. The predicted octanol–water partition coefficient (Wildman–Crippen LogP) is 5.56. The molecule has 1 unspecified atom stereocenters. The van der Waals surface area contributed by atoms with E-state index in [1.54, 1.807) is 42.7 Å². The number of pyridine rings is 2. The Kier molecular flexibility index (Phi) is 6.87. The maximum absolute atomic E-state index is 14.0. The van der Waals surface area contributed by atoms with Gasteiger partial charge in [-0.1, -0.05) is 6.07 Å². The van der Waals surface area contributed by atoms with Gasteiger partial charge in [0.15, 0.2) is 0 Å². The van der Waals surface area contributed by atoms with Crippen LogP contribution in [-0.2, 0) is 17.6 Å². The molecule has 1 atom stereocenters. The molecule has 1 amide bonds. The highest BCUT2D eigenvalue weighted by Gasteiger charge is 2.22. The number of benzene rings is 2. The second-order valence-corrected chi connectivity index (χ2v) is 8.76. The number of carbonyl (C=O) groups excluding carboxylic acids is 1. The van der Waals surface area contributed by atoms with Crippen LogP contribution >= 0.6 is 0 Å². The van der Waals surface area contributed by atoms with E-state index in [1.807, 2.05) is 6.07 Å². The van der Waals surface area contributed by atoms with Crippen LogP contribution in [0.3, 0.4) is 0 Å². The van der Waals surface area contributed by atoms with Crippen LogP contribution in [0.1, 0.15) is 28.6 Å². The summed E-state index contributed by atoms with van der Waals surface area (Å²) in [4.78, 5) is 24.8. The van der Waals surface area contributed by atoms with Gasteiger partial charge in [0.25, 0.3) is 0 Å². The minimum absolute atomic E-state index is 0.0448. The molecule has 0 radical (unpaired) electrons. The fraction of sp³-hybridized carbons (Fsp3) is 0.103. The van der Waals surface area contributed by atoms with Crippen molar-refractivity contribution in [1.29, 1.82) is 5.26 Å². The molecule has 6 nitrogen and oxygen atoms in total. The van der Waals surface area contributed by atoms with Gasteiger partial charge in [0.1, 0.15) is 29.2 Å².